The van der Waals surface area contributed by atoms with Crippen molar-refractivity contribution in [3.63, 3.8) is 0 Å². The summed E-state index contributed by atoms with van der Waals surface area (Å²) in [6.07, 6.45) is 3.92. The van der Waals surface area contributed by atoms with Gasteiger partial charge < -0.3 is 10.1 Å². The highest BCUT2D eigenvalue weighted by atomic mass is 79.9. The lowest BCUT2D eigenvalue weighted by Crippen LogP contribution is -2.19. The quantitative estimate of drug-likeness (QED) is 0.879. The van der Waals surface area contributed by atoms with Crippen LogP contribution in [0.2, 0.25) is 0 Å². The Balaban J connectivity index is 2.01. The first kappa shape index (κ1) is 12.9. The van der Waals surface area contributed by atoms with Gasteiger partial charge in [0.25, 0.3) is 0 Å². The monoisotopic (exact) mass is 324 g/mol. The topological polar surface area (TPSA) is 52.0 Å². The number of aromatic nitrogens is 3. The zero-order valence-corrected chi connectivity index (χ0v) is 12.5. The predicted molar refractivity (Wildman–Crippen MR) is 78.4 cm³/mol. The van der Waals surface area contributed by atoms with Crippen LogP contribution in [0.25, 0.3) is 11.0 Å². The molecule has 3 rings (SSSR count). The van der Waals surface area contributed by atoms with Gasteiger partial charge in [-0.2, -0.15) is 5.10 Å². The molecule has 6 heteroatoms. The molecule has 0 bridgehead atoms. The van der Waals surface area contributed by atoms with Gasteiger partial charge in [0, 0.05) is 13.2 Å². The third-order valence-corrected chi connectivity index (χ3v) is 3.70. The van der Waals surface area contributed by atoms with Crippen molar-refractivity contribution in [2.75, 3.05) is 18.5 Å². The summed E-state index contributed by atoms with van der Waals surface area (Å²) >= 11 is 3.46. The van der Waals surface area contributed by atoms with Crippen LogP contribution in [0, 0.1) is 0 Å². The fourth-order valence-corrected chi connectivity index (χ4v) is 2.85. The zero-order chi connectivity index (χ0) is 13.2. The van der Waals surface area contributed by atoms with Crippen molar-refractivity contribution in [2.24, 2.45) is 0 Å². The number of hydrogen-bond donors (Lipinski definition) is 1. The summed E-state index contributed by atoms with van der Waals surface area (Å²) in [6, 6.07) is 2.40. The van der Waals surface area contributed by atoms with E-state index in [1.807, 2.05) is 16.9 Å². The molecular weight excluding hydrogens is 308 g/mol. The van der Waals surface area contributed by atoms with Crippen molar-refractivity contribution in [2.45, 2.75) is 32.4 Å². The smallest absolute Gasteiger partial charge is 0.112 e. The highest BCUT2D eigenvalue weighted by Crippen LogP contribution is 2.27. The van der Waals surface area contributed by atoms with Gasteiger partial charge in [0.1, 0.15) is 15.6 Å². The van der Waals surface area contributed by atoms with Gasteiger partial charge in [-0.3, -0.25) is 4.68 Å². The van der Waals surface area contributed by atoms with E-state index in [2.05, 4.69) is 38.3 Å². The standard InChI is InChI=1S/C13H17BrN4O/c1-2-4-18-13-10(16-9-3-5-19-8-9)6-12(14)17-11(13)7-15-18/h6-7,9H,2-5,8H2,1H3,(H,16,17). The van der Waals surface area contributed by atoms with E-state index < -0.39 is 0 Å². The Morgan fingerprint density at radius 2 is 2.47 bits per heavy atom. The second-order valence-electron chi connectivity index (χ2n) is 4.80. The number of pyridine rings is 1. The maximum atomic E-state index is 5.42. The number of aryl methyl sites for hydroxylation is 1. The maximum Gasteiger partial charge on any atom is 0.112 e. The molecule has 1 fully saturated rings. The molecule has 0 saturated carbocycles. The number of hydrogen-bond acceptors (Lipinski definition) is 4. The molecular formula is C13H17BrN4O. The summed E-state index contributed by atoms with van der Waals surface area (Å²) in [7, 11) is 0. The zero-order valence-electron chi connectivity index (χ0n) is 10.9. The van der Waals surface area contributed by atoms with Gasteiger partial charge in [0.15, 0.2) is 0 Å². The number of rotatable bonds is 4. The molecule has 0 aromatic carbocycles. The van der Waals surface area contributed by atoms with E-state index in [0.29, 0.717) is 6.04 Å². The van der Waals surface area contributed by atoms with Crippen LogP contribution < -0.4 is 5.32 Å². The molecule has 0 spiro atoms. The van der Waals surface area contributed by atoms with Gasteiger partial charge in [-0.25, -0.2) is 4.98 Å². The van der Waals surface area contributed by atoms with Gasteiger partial charge in [0.05, 0.1) is 24.5 Å². The molecule has 5 nitrogen and oxygen atoms in total. The number of anilines is 1. The number of nitrogens with zero attached hydrogens (tertiary/aromatic N) is 3. The third-order valence-electron chi connectivity index (χ3n) is 3.29. The van der Waals surface area contributed by atoms with Crippen LogP contribution in [0.1, 0.15) is 19.8 Å². The van der Waals surface area contributed by atoms with Crippen LogP contribution in [0.5, 0.6) is 0 Å². The minimum atomic E-state index is 0.377. The molecule has 1 unspecified atom stereocenters. The largest absolute Gasteiger partial charge is 0.379 e. The number of ether oxygens (including phenoxy) is 1. The minimum Gasteiger partial charge on any atom is -0.379 e. The second kappa shape index (κ2) is 5.46. The summed E-state index contributed by atoms with van der Waals surface area (Å²) < 4.78 is 8.27. The molecule has 2 aromatic rings. The Morgan fingerprint density at radius 1 is 1.58 bits per heavy atom. The van der Waals surface area contributed by atoms with Gasteiger partial charge in [-0.1, -0.05) is 6.92 Å². The SMILES string of the molecule is CCCn1ncc2nc(Br)cc(NC3CCOC3)c21. The Hall–Kier alpha value is -1.14. The summed E-state index contributed by atoms with van der Waals surface area (Å²) in [5.74, 6) is 0. The van der Waals surface area contributed by atoms with Crippen molar-refractivity contribution in [3.8, 4) is 0 Å². The molecule has 19 heavy (non-hydrogen) atoms. The Morgan fingerprint density at radius 3 is 3.21 bits per heavy atom. The van der Waals surface area contributed by atoms with Gasteiger partial charge in [-0.05, 0) is 34.8 Å². The highest BCUT2D eigenvalue weighted by molar-refractivity contribution is 9.10. The molecule has 1 aliphatic rings. The highest BCUT2D eigenvalue weighted by Gasteiger charge is 2.18. The number of fused-ring (bicyclic) bond motifs is 1. The summed E-state index contributed by atoms with van der Waals surface area (Å²) in [6.45, 7) is 4.66. The average molecular weight is 325 g/mol. The molecule has 0 radical (unpaired) electrons. The lowest BCUT2D eigenvalue weighted by atomic mass is 10.2. The van der Waals surface area contributed by atoms with Crippen molar-refractivity contribution >= 4 is 32.7 Å². The van der Waals surface area contributed by atoms with Crippen molar-refractivity contribution in [3.05, 3.63) is 16.9 Å². The van der Waals surface area contributed by atoms with Crippen LogP contribution in [-0.2, 0) is 11.3 Å². The van der Waals surface area contributed by atoms with Crippen molar-refractivity contribution in [1.29, 1.82) is 0 Å². The first-order valence-corrected chi connectivity index (χ1v) is 7.43. The Bertz CT molecular complexity index is 577. The van der Waals surface area contributed by atoms with Crippen LogP contribution in [0.3, 0.4) is 0 Å². The number of nitrogens with one attached hydrogen (secondary N) is 1. The van der Waals surface area contributed by atoms with E-state index in [1.54, 1.807) is 0 Å². The molecule has 3 heterocycles. The first-order valence-electron chi connectivity index (χ1n) is 6.64. The summed E-state index contributed by atoms with van der Waals surface area (Å²) in [5, 5.41) is 7.98. The summed E-state index contributed by atoms with van der Waals surface area (Å²) in [4.78, 5) is 4.48. The van der Waals surface area contributed by atoms with Crippen molar-refractivity contribution in [1.82, 2.24) is 14.8 Å². The van der Waals surface area contributed by atoms with E-state index in [9.17, 15) is 0 Å². The Kier molecular flexibility index (Phi) is 3.70. The van der Waals surface area contributed by atoms with E-state index in [1.165, 1.54) is 0 Å². The molecule has 1 N–H and O–H groups in total. The molecule has 1 aliphatic heterocycles. The summed E-state index contributed by atoms with van der Waals surface area (Å²) in [5.41, 5.74) is 3.08. The Labute approximate surface area is 120 Å². The van der Waals surface area contributed by atoms with Crippen LogP contribution in [0.4, 0.5) is 5.69 Å². The lowest BCUT2D eigenvalue weighted by Gasteiger charge is -2.14. The van der Waals surface area contributed by atoms with Gasteiger partial charge >= 0.3 is 0 Å². The molecule has 1 atom stereocenters. The van der Waals surface area contributed by atoms with Crippen LogP contribution in [0.15, 0.2) is 16.9 Å². The van der Waals surface area contributed by atoms with Crippen LogP contribution >= 0.6 is 15.9 Å². The predicted octanol–water partition coefficient (Wildman–Crippen LogP) is 2.80. The fraction of sp³-hybridized carbons (Fsp3) is 0.538. The van der Waals surface area contributed by atoms with E-state index in [-0.39, 0.29) is 0 Å². The minimum absolute atomic E-state index is 0.377. The molecule has 0 aliphatic carbocycles. The maximum absolute atomic E-state index is 5.42. The van der Waals surface area contributed by atoms with E-state index in [0.717, 1.165) is 53.9 Å². The van der Waals surface area contributed by atoms with E-state index in [4.69, 9.17) is 4.74 Å². The third kappa shape index (κ3) is 2.60. The molecule has 0 amide bonds. The fourth-order valence-electron chi connectivity index (χ4n) is 2.43. The van der Waals surface area contributed by atoms with Gasteiger partial charge in [0.2, 0.25) is 0 Å². The van der Waals surface area contributed by atoms with E-state index >= 15 is 0 Å². The van der Waals surface area contributed by atoms with Crippen LogP contribution in [-0.4, -0.2) is 34.0 Å². The number of halogens is 1. The average Bonchev–Trinajstić information content (AvgIpc) is 3.00. The lowest BCUT2D eigenvalue weighted by molar-refractivity contribution is 0.195. The normalized spacial score (nSPS) is 19.2. The van der Waals surface area contributed by atoms with Gasteiger partial charge in [-0.15, -0.1) is 0 Å². The molecule has 2 aromatic heterocycles. The molecule has 102 valence electrons. The second-order valence-corrected chi connectivity index (χ2v) is 5.61. The van der Waals surface area contributed by atoms with Crippen molar-refractivity contribution < 1.29 is 4.74 Å². The molecule has 1 saturated heterocycles. The first-order chi connectivity index (χ1) is 9.28.